The predicted molar refractivity (Wildman–Crippen MR) is 66.1 cm³/mol. The molecule has 0 fully saturated rings. The van der Waals surface area contributed by atoms with E-state index in [2.05, 4.69) is 0 Å². The Bertz CT molecular complexity index is 564. The fourth-order valence-electron chi connectivity index (χ4n) is 2.01. The second kappa shape index (κ2) is 4.30. The summed E-state index contributed by atoms with van der Waals surface area (Å²) in [5, 5.41) is 10.8. The molecule has 0 aliphatic heterocycles. The third-order valence-corrected chi connectivity index (χ3v) is 3.53. The zero-order chi connectivity index (χ0) is 12.6. The molecule has 1 heterocycles. The van der Waals surface area contributed by atoms with Gasteiger partial charge in [-0.1, -0.05) is 0 Å². The molecule has 2 rings (SSSR count). The summed E-state index contributed by atoms with van der Waals surface area (Å²) < 4.78 is 13.2. The van der Waals surface area contributed by atoms with Crippen LogP contribution in [0.1, 0.15) is 20.8 Å². The van der Waals surface area contributed by atoms with E-state index in [-0.39, 0.29) is 5.82 Å². The van der Waals surface area contributed by atoms with Crippen molar-refractivity contribution in [2.75, 3.05) is 0 Å². The van der Waals surface area contributed by atoms with E-state index in [0.717, 1.165) is 16.7 Å². The third-order valence-electron chi connectivity index (χ3n) is 2.63. The van der Waals surface area contributed by atoms with Crippen molar-refractivity contribution in [3.63, 3.8) is 0 Å². The van der Waals surface area contributed by atoms with Crippen LogP contribution in [0.4, 0.5) is 4.39 Å². The molecule has 2 nitrogen and oxygen atoms in total. The molecule has 1 aromatic carbocycles. The first kappa shape index (κ1) is 11.8. The molecule has 0 spiro atoms. The highest BCUT2D eigenvalue weighted by Crippen LogP contribution is 2.33. The Balaban J connectivity index is 2.69. The Morgan fingerprint density at radius 3 is 2.41 bits per heavy atom. The van der Waals surface area contributed by atoms with Crippen molar-refractivity contribution >= 4 is 17.3 Å². The second-order valence-corrected chi connectivity index (χ2v) is 4.80. The van der Waals surface area contributed by atoms with Crippen LogP contribution in [-0.4, -0.2) is 11.1 Å². The Labute approximate surface area is 102 Å². The summed E-state index contributed by atoms with van der Waals surface area (Å²) in [4.78, 5) is 11.4. The van der Waals surface area contributed by atoms with E-state index in [0.29, 0.717) is 10.4 Å². The summed E-state index contributed by atoms with van der Waals surface area (Å²) in [6.07, 6.45) is 0. The summed E-state index contributed by atoms with van der Waals surface area (Å²) in [5.74, 6) is -1.24. The maximum absolute atomic E-state index is 13.2. The average Bonchev–Trinajstić information content (AvgIpc) is 2.64. The van der Waals surface area contributed by atoms with E-state index < -0.39 is 5.97 Å². The molecule has 88 valence electrons. The number of carboxylic acids is 1. The fourth-order valence-corrected chi connectivity index (χ4v) is 2.75. The fraction of sp³-hybridized carbons (Fsp3) is 0.154. The number of benzene rings is 1. The summed E-state index contributed by atoms with van der Waals surface area (Å²) in [5.41, 5.74) is 2.98. The Morgan fingerprint density at radius 2 is 1.88 bits per heavy atom. The summed E-state index contributed by atoms with van der Waals surface area (Å²) in [6.45, 7) is 3.57. The van der Waals surface area contributed by atoms with Crippen LogP contribution in [0.2, 0.25) is 0 Å². The summed E-state index contributed by atoms with van der Waals surface area (Å²) in [7, 11) is 0. The van der Waals surface area contributed by atoms with Gasteiger partial charge in [0.1, 0.15) is 10.7 Å². The highest BCUT2D eigenvalue weighted by molar-refractivity contribution is 7.12. The van der Waals surface area contributed by atoms with E-state index in [9.17, 15) is 9.18 Å². The van der Waals surface area contributed by atoms with Crippen molar-refractivity contribution in [3.05, 3.63) is 45.4 Å². The Morgan fingerprint density at radius 1 is 1.29 bits per heavy atom. The van der Waals surface area contributed by atoms with E-state index in [1.807, 2.05) is 0 Å². The Kier molecular flexibility index (Phi) is 2.98. The minimum absolute atomic E-state index is 0.294. The molecule has 0 saturated carbocycles. The quantitative estimate of drug-likeness (QED) is 0.878. The van der Waals surface area contributed by atoms with Gasteiger partial charge >= 0.3 is 5.97 Å². The molecule has 4 heteroatoms. The number of carboxylic acid groups (broad SMARTS) is 1. The van der Waals surface area contributed by atoms with Crippen molar-refractivity contribution in [1.29, 1.82) is 0 Å². The molecular weight excluding hydrogens is 239 g/mol. The van der Waals surface area contributed by atoms with E-state index in [4.69, 9.17) is 5.11 Å². The smallest absolute Gasteiger partial charge is 0.346 e. The first-order chi connectivity index (χ1) is 8.00. The standard InChI is InChI=1S/C13H11FO2S/c1-7-5-9(14)6-8(2)11(7)10-3-4-17-12(10)13(15)16/h3-6H,1-2H3,(H,15,16). The van der Waals surface area contributed by atoms with Gasteiger partial charge in [0.05, 0.1) is 0 Å². The van der Waals surface area contributed by atoms with Gasteiger partial charge in [0.25, 0.3) is 0 Å². The molecule has 2 aromatic rings. The van der Waals surface area contributed by atoms with Gasteiger partial charge in [0.15, 0.2) is 0 Å². The topological polar surface area (TPSA) is 37.3 Å². The number of aryl methyl sites for hydroxylation is 2. The van der Waals surface area contributed by atoms with Gasteiger partial charge < -0.3 is 5.11 Å². The highest BCUT2D eigenvalue weighted by atomic mass is 32.1. The molecule has 0 aliphatic rings. The maximum atomic E-state index is 13.2. The van der Waals surface area contributed by atoms with Gasteiger partial charge in [0.2, 0.25) is 0 Å². The summed E-state index contributed by atoms with van der Waals surface area (Å²) >= 11 is 1.18. The number of rotatable bonds is 2. The van der Waals surface area contributed by atoms with Gasteiger partial charge in [-0.05, 0) is 54.1 Å². The monoisotopic (exact) mass is 250 g/mol. The molecule has 1 aromatic heterocycles. The molecule has 0 amide bonds. The molecule has 0 unspecified atom stereocenters. The van der Waals surface area contributed by atoms with Crippen molar-refractivity contribution in [1.82, 2.24) is 0 Å². The molecule has 0 aliphatic carbocycles. The van der Waals surface area contributed by atoms with Crippen LogP contribution in [0.5, 0.6) is 0 Å². The number of carbonyl (C=O) groups is 1. The highest BCUT2D eigenvalue weighted by Gasteiger charge is 2.17. The van der Waals surface area contributed by atoms with E-state index in [1.165, 1.54) is 23.5 Å². The van der Waals surface area contributed by atoms with Crippen LogP contribution < -0.4 is 0 Å². The number of hydrogen-bond donors (Lipinski definition) is 1. The van der Waals surface area contributed by atoms with Crippen LogP contribution in [0, 0.1) is 19.7 Å². The predicted octanol–water partition coefficient (Wildman–Crippen LogP) is 3.87. The van der Waals surface area contributed by atoms with Crippen LogP contribution >= 0.6 is 11.3 Å². The van der Waals surface area contributed by atoms with Crippen LogP contribution in [0.25, 0.3) is 11.1 Å². The summed E-state index contributed by atoms with van der Waals surface area (Å²) in [6, 6.07) is 4.61. The van der Waals surface area contributed by atoms with Crippen LogP contribution in [0.15, 0.2) is 23.6 Å². The molecule has 0 bridgehead atoms. The zero-order valence-electron chi connectivity index (χ0n) is 9.45. The molecule has 0 saturated heterocycles. The lowest BCUT2D eigenvalue weighted by molar-refractivity contribution is 0.0703. The maximum Gasteiger partial charge on any atom is 0.346 e. The number of aromatic carboxylic acids is 1. The third kappa shape index (κ3) is 2.08. The lowest BCUT2D eigenvalue weighted by Crippen LogP contribution is -1.97. The number of hydrogen-bond acceptors (Lipinski definition) is 2. The Hall–Kier alpha value is -1.68. The molecule has 1 N–H and O–H groups in total. The average molecular weight is 250 g/mol. The van der Waals surface area contributed by atoms with Crippen LogP contribution in [-0.2, 0) is 0 Å². The normalized spacial score (nSPS) is 10.5. The lowest BCUT2D eigenvalue weighted by Gasteiger charge is -2.09. The van der Waals surface area contributed by atoms with Crippen molar-refractivity contribution < 1.29 is 14.3 Å². The largest absolute Gasteiger partial charge is 0.477 e. The molecule has 0 atom stereocenters. The van der Waals surface area contributed by atoms with Crippen LogP contribution in [0.3, 0.4) is 0 Å². The second-order valence-electron chi connectivity index (χ2n) is 3.88. The number of halogens is 1. The molecular formula is C13H11FO2S. The van der Waals surface area contributed by atoms with Crippen molar-refractivity contribution in [2.45, 2.75) is 13.8 Å². The molecule has 17 heavy (non-hydrogen) atoms. The van der Waals surface area contributed by atoms with Crippen molar-refractivity contribution in [2.24, 2.45) is 0 Å². The lowest BCUT2D eigenvalue weighted by atomic mass is 9.96. The van der Waals surface area contributed by atoms with Gasteiger partial charge in [-0.3, -0.25) is 0 Å². The van der Waals surface area contributed by atoms with Crippen molar-refractivity contribution in [3.8, 4) is 11.1 Å². The first-order valence-corrected chi connectivity index (χ1v) is 5.96. The molecule has 0 radical (unpaired) electrons. The number of thiophene rings is 1. The SMILES string of the molecule is Cc1cc(F)cc(C)c1-c1ccsc1C(=O)O. The van der Waals surface area contributed by atoms with Gasteiger partial charge in [-0.15, -0.1) is 11.3 Å². The minimum Gasteiger partial charge on any atom is -0.477 e. The zero-order valence-corrected chi connectivity index (χ0v) is 10.3. The van der Waals surface area contributed by atoms with Gasteiger partial charge in [-0.2, -0.15) is 0 Å². The first-order valence-electron chi connectivity index (χ1n) is 5.08. The van der Waals surface area contributed by atoms with E-state index >= 15 is 0 Å². The van der Waals surface area contributed by atoms with E-state index in [1.54, 1.807) is 25.3 Å². The van der Waals surface area contributed by atoms with Gasteiger partial charge in [-0.25, -0.2) is 9.18 Å². The minimum atomic E-state index is -0.946. The van der Waals surface area contributed by atoms with Gasteiger partial charge in [0, 0.05) is 5.56 Å².